The highest BCUT2D eigenvalue weighted by atomic mass is 79.9. The third kappa shape index (κ3) is 3.94. The van der Waals surface area contributed by atoms with Crippen molar-refractivity contribution in [2.24, 2.45) is 0 Å². The molecule has 0 aliphatic heterocycles. The molecule has 104 valence electrons. The Bertz CT molecular complexity index is 477. The summed E-state index contributed by atoms with van der Waals surface area (Å²) in [6.45, 7) is 2.79. The fraction of sp³-hybridized carbons (Fsp3) is 0.500. The number of rotatable bonds is 5. The molecule has 1 unspecified atom stereocenters. The maximum atomic E-state index is 12.0. The average Bonchev–Trinajstić information content (AvgIpc) is 3.22. The quantitative estimate of drug-likeness (QED) is 0.888. The van der Waals surface area contributed by atoms with Crippen molar-refractivity contribution in [2.45, 2.75) is 31.8 Å². The van der Waals surface area contributed by atoms with Gasteiger partial charge >= 0.3 is 0 Å². The highest BCUT2D eigenvalue weighted by molar-refractivity contribution is 9.10. The van der Waals surface area contributed by atoms with E-state index in [9.17, 15) is 4.79 Å². The number of amides is 1. The van der Waals surface area contributed by atoms with E-state index in [1.165, 1.54) is 12.8 Å². The Morgan fingerprint density at radius 2 is 2.26 bits per heavy atom. The van der Waals surface area contributed by atoms with E-state index in [1.54, 1.807) is 18.2 Å². The Morgan fingerprint density at radius 3 is 2.84 bits per heavy atom. The van der Waals surface area contributed by atoms with Crippen LogP contribution in [0.5, 0.6) is 0 Å². The van der Waals surface area contributed by atoms with Gasteiger partial charge in [0, 0.05) is 28.7 Å². The van der Waals surface area contributed by atoms with Gasteiger partial charge < -0.3 is 5.32 Å². The molecule has 3 nitrogen and oxygen atoms in total. The summed E-state index contributed by atoms with van der Waals surface area (Å²) in [4.78, 5) is 14.4. The highest BCUT2D eigenvalue weighted by Gasteiger charge is 2.29. The number of halogens is 2. The summed E-state index contributed by atoms with van der Waals surface area (Å²) in [5.74, 6) is -0.0617. The van der Waals surface area contributed by atoms with Crippen LogP contribution in [-0.2, 0) is 0 Å². The zero-order valence-corrected chi connectivity index (χ0v) is 13.5. The maximum Gasteiger partial charge on any atom is 0.251 e. The molecule has 1 N–H and O–H groups in total. The van der Waals surface area contributed by atoms with Crippen LogP contribution in [-0.4, -0.2) is 36.5 Å². The topological polar surface area (TPSA) is 32.3 Å². The van der Waals surface area contributed by atoms with Crippen molar-refractivity contribution in [3.05, 3.63) is 33.3 Å². The predicted molar refractivity (Wildman–Crippen MR) is 81.7 cm³/mol. The van der Waals surface area contributed by atoms with E-state index in [-0.39, 0.29) is 5.91 Å². The van der Waals surface area contributed by atoms with Gasteiger partial charge in [-0.3, -0.25) is 9.69 Å². The summed E-state index contributed by atoms with van der Waals surface area (Å²) in [6, 6.07) is 6.26. The molecular weight excluding hydrogens is 328 g/mol. The van der Waals surface area contributed by atoms with Crippen molar-refractivity contribution >= 4 is 33.4 Å². The van der Waals surface area contributed by atoms with Crippen LogP contribution in [0.15, 0.2) is 22.7 Å². The summed E-state index contributed by atoms with van der Waals surface area (Å²) in [6.07, 6.45) is 2.55. The summed E-state index contributed by atoms with van der Waals surface area (Å²) in [5.41, 5.74) is 0.623. The third-order valence-corrected chi connectivity index (χ3v) is 4.77. The minimum absolute atomic E-state index is 0.0617. The van der Waals surface area contributed by atoms with E-state index in [2.05, 4.69) is 40.1 Å². The van der Waals surface area contributed by atoms with Crippen molar-refractivity contribution < 1.29 is 4.79 Å². The standard InChI is InChI=1S/C14H18BrClN2O/c1-9(18(2)11-4-5-11)8-17-14(19)10-3-6-13(16)12(15)7-10/h3,6-7,9,11H,4-5,8H2,1-2H3,(H,17,19). The minimum atomic E-state index is -0.0617. The normalized spacial score (nSPS) is 16.5. The van der Waals surface area contributed by atoms with Gasteiger partial charge in [-0.25, -0.2) is 0 Å². The van der Waals surface area contributed by atoms with Crippen LogP contribution < -0.4 is 5.32 Å². The van der Waals surface area contributed by atoms with Gasteiger partial charge in [-0.05, 0) is 60.9 Å². The molecule has 1 atom stereocenters. The van der Waals surface area contributed by atoms with Crippen molar-refractivity contribution in [1.82, 2.24) is 10.2 Å². The van der Waals surface area contributed by atoms with Crippen LogP contribution in [0.4, 0.5) is 0 Å². The van der Waals surface area contributed by atoms with Crippen LogP contribution in [0.1, 0.15) is 30.1 Å². The van der Waals surface area contributed by atoms with Gasteiger partial charge in [0.05, 0.1) is 5.02 Å². The van der Waals surface area contributed by atoms with Crippen molar-refractivity contribution in [3.8, 4) is 0 Å². The molecule has 2 rings (SSSR count). The molecule has 1 aliphatic carbocycles. The number of carbonyl (C=O) groups is 1. The SMILES string of the molecule is CC(CNC(=O)c1ccc(Cl)c(Br)c1)N(C)C1CC1. The van der Waals surface area contributed by atoms with Crippen LogP contribution >= 0.6 is 27.5 Å². The average molecular weight is 346 g/mol. The van der Waals surface area contributed by atoms with Gasteiger partial charge in [-0.1, -0.05) is 11.6 Å². The fourth-order valence-corrected chi connectivity index (χ4v) is 2.46. The molecule has 5 heteroatoms. The second-order valence-electron chi connectivity index (χ2n) is 5.08. The van der Waals surface area contributed by atoms with Gasteiger partial charge in [0.25, 0.3) is 5.91 Å². The molecule has 1 aromatic rings. The van der Waals surface area contributed by atoms with E-state index < -0.39 is 0 Å². The molecule has 1 saturated carbocycles. The van der Waals surface area contributed by atoms with Crippen LogP contribution in [0.25, 0.3) is 0 Å². The van der Waals surface area contributed by atoms with Crippen LogP contribution in [0.3, 0.4) is 0 Å². The Morgan fingerprint density at radius 1 is 1.58 bits per heavy atom. The second kappa shape index (κ2) is 6.25. The van der Waals surface area contributed by atoms with E-state index >= 15 is 0 Å². The fourth-order valence-electron chi connectivity index (χ4n) is 1.97. The number of likely N-dealkylation sites (N-methyl/N-ethyl adjacent to an activating group) is 1. The molecule has 19 heavy (non-hydrogen) atoms. The smallest absolute Gasteiger partial charge is 0.251 e. The second-order valence-corrected chi connectivity index (χ2v) is 6.35. The highest BCUT2D eigenvalue weighted by Crippen LogP contribution is 2.26. The molecule has 1 amide bonds. The van der Waals surface area contributed by atoms with Gasteiger partial charge in [-0.2, -0.15) is 0 Å². The zero-order chi connectivity index (χ0) is 14.0. The molecule has 0 radical (unpaired) electrons. The molecule has 1 aliphatic rings. The molecule has 0 spiro atoms. The van der Waals surface area contributed by atoms with E-state index in [1.807, 2.05) is 0 Å². The molecule has 1 fully saturated rings. The largest absolute Gasteiger partial charge is 0.350 e. The molecular formula is C14H18BrClN2O. The van der Waals surface area contributed by atoms with Gasteiger partial charge in [0.1, 0.15) is 0 Å². The van der Waals surface area contributed by atoms with E-state index in [0.29, 0.717) is 29.2 Å². The first-order valence-corrected chi connectivity index (χ1v) is 7.61. The van der Waals surface area contributed by atoms with Crippen molar-refractivity contribution in [3.63, 3.8) is 0 Å². The number of benzene rings is 1. The number of nitrogens with one attached hydrogen (secondary N) is 1. The summed E-state index contributed by atoms with van der Waals surface area (Å²) < 4.78 is 0.741. The lowest BCUT2D eigenvalue weighted by Crippen LogP contribution is -2.41. The van der Waals surface area contributed by atoms with Gasteiger partial charge in [0.15, 0.2) is 0 Å². The monoisotopic (exact) mass is 344 g/mol. The summed E-state index contributed by atoms with van der Waals surface area (Å²) in [7, 11) is 2.12. The minimum Gasteiger partial charge on any atom is -0.350 e. The van der Waals surface area contributed by atoms with Crippen molar-refractivity contribution in [2.75, 3.05) is 13.6 Å². The molecule has 0 saturated heterocycles. The lowest BCUT2D eigenvalue weighted by atomic mass is 10.2. The summed E-state index contributed by atoms with van der Waals surface area (Å²) in [5, 5.41) is 3.57. The number of carbonyl (C=O) groups excluding carboxylic acids is 1. The summed E-state index contributed by atoms with van der Waals surface area (Å²) >= 11 is 9.24. The zero-order valence-electron chi connectivity index (χ0n) is 11.1. The first-order chi connectivity index (χ1) is 8.99. The number of nitrogens with zero attached hydrogens (tertiary/aromatic N) is 1. The van der Waals surface area contributed by atoms with E-state index in [0.717, 1.165) is 4.47 Å². The molecule has 0 bridgehead atoms. The molecule has 0 heterocycles. The Hall–Kier alpha value is -0.580. The number of hydrogen-bond acceptors (Lipinski definition) is 2. The molecule has 1 aromatic carbocycles. The maximum absolute atomic E-state index is 12.0. The Balaban J connectivity index is 1.88. The van der Waals surface area contributed by atoms with Crippen LogP contribution in [0.2, 0.25) is 5.02 Å². The van der Waals surface area contributed by atoms with Crippen molar-refractivity contribution in [1.29, 1.82) is 0 Å². The predicted octanol–water partition coefficient (Wildman–Crippen LogP) is 3.32. The Kier molecular flexibility index (Phi) is 4.87. The number of hydrogen-bond donors (Lipinski definition) is 1. The Labute approximate surface area is 127 Å². The van der Waals surface area contributed by atoms with Gasteiger partial charge in [0.2, 0.25) is 0 Å². The van der Waals surface area contributed by atoms with Crippen LogP contribution in [0, 0.1) is 0 Å². The molecule has 0 aromatic heterocycles. The van der Waals surface area contributed by atoms with E-state index in [4.69, 9.17) is 11.6 Å². The third-order valence-electron chi connectivity index (χ3n) is 3.56. The lowest BCUT2D eigenvalue weighted by Gasteiger charge is -2.24. The lowest BCUT2D eigenvalue weighted by molar-refractivity contribution is 0.0939. The first-order valence-electron chi connectivity index (χ1n) is 6.44. The first kappa shape index (κ1) is 14.8. The van der Waals surface area contributed by atoms with Gasteiger partial charge in [-0.15, -0.1) is 0 Å².